The van der Waals surface area contributed by atoms with E-state index in [1.165, 1.54) is 12.1 Å². The van der Waals surface area contributed by atoms with Crippen molar-refractivity contribution in [2.45, 2.75) is 6.42 Å². The Hall–Kier alpha value is -2.35. The number of nitro groups is 1. The molecule has 0 fully saturated rings. The van der Waals surface area contributed by atoms with Gasteiger partial charge >= 0.3 is 0 Å². The second kappa shape index (κ2) is 4.88. The Bertz CT molecular complexity index is 584. The van der Waals surface area contributed by atoms with E-state index in [0.29, 0.717) is 18.9 Å². The molecule has 0 saturated carbocycles. The zero-order chi connectivity index (χ0) is 13.1. The van der Waals surface area contributed by atoms with Gasteiger partial charge in [0.1, 0.15) is 5.82 Å². The number of nitrogens with zero attached hydrogens (tertiary/aromatic N) is 3. The predicted molar refractivity (Wildman–Crippen MR) is 59.1 cm³/mol. The normalized spacial score (nSPS) is 10.6. The summed E-state index contributed by atoms with van der Waals surface area (Å²) in [7, 11) is 0. The van der Waals surface area contributed by atoms with Crippen LogP contribution in [0.15, 0.2) is 22.6 Å². The van der Waals surface area contributed by atoms with Crippen LogP contribution < -0.4 is 5.73 Å². The van der Waals surface area contributed by atoms with E-state index in [9.17, 15) is 14.5 Å². The van der Waals surface area contributed by atoms with Crippen LogP contribution in [-0.2, 0) is 6.42 Å². The third-order valence-electron chi connectivity index (χ3n) is 2.22. The van der Waals surface area contributed by atoms with E-state index in [1.54, 1.807) is 0 Å². The maximum atomic E-state index is 13.6. The van der Waals surface area contributed by atoms with Gasteiger partial charge in [0.2, 0.25) is 5.89 Å². The number of hydrogen-bond donors (Lipinski definition) is 1. The van der Waals surface area contributed by atoms with E-state index in [4.69, 9.17) is 10.2 Å². The molecular formula is C10H9FN4O3. The van der Waals surface area contributed by atoms with Gasteiger partial charge in [0.25, 0.3) is 11.6 Å². The molecule has 0 spiro atoms. The molecule has 0 atom stereocenters. The Morgan fingerprint density at radius 2 is 2.22 bits per heavy atom. The summed E-state index contributed by atoms with van der Waals surface area (Å²) < 4.78 is 18.8. The number of aromatic nitrogens is 2. The molecule has 0 radical (unpaired) electrons. The topological polar surface area (TPSA) is 108 Å². The first-order valence-electron chi connectivity index (χ1n) is 5.08. The van der Waals surface area contributed by atoms with Crippen LogP contribution in [0.2, 0.25) is 0 Å². The van der Waals surface area contributed by atoms with Crippen LogP contribution in [0.3, 0.4) is 0 Å². The fraction of sp³-hybridized carbons (Fsp3) is 0.200. The molecule has 2 N–H and O–H groups in total. The Labute approximate surface area is 101 Å². The van der Waals surface area contributed by atoms with Crippen molar-refractivity contribution >= 4 is 5.69 Å². The second-order valence-electron chi connectivity index (χ2n) is 3.46. The van der Waals surface area contributed by atoms with Crippen molar-refractivity contribution in [3.8, 4) is 11.5 Å². The van der Waals surface area contributed by atoms with Crippen LogP contribution >= 0.6 is 0 Å². The molecule has 0 bridgehead atoms. The van der Waals surface area contributed by atoms with Gasteiger partial charge in [0.15, 0.2) is 0 Å². The lowest BCUT2D eigenvalue weighted by Crippen LogP contribution is -2.02. The summed E-state index contributed by atoms with van der Waals surface area (Å²) in [4.78, 5) is 9.78. The Morgan fingerprint density at radius 1 is 1.44 bits per heavy atom. The fourth-order valence-electron chi connectivity index (χ4n) is 1.38. The highest BCUT2D eigenvalue weighted by molar-refractivity contribution is 5.56. The first-order valence-corrected chi connectivity index (χ1v) is 5.08. The summed E-state index contributed by atoms with van der Waals surface area (Å²) in [6.07, 6.45) is 0.390. The standard InChI is InChI=1S/C10H9FN4O3/c11-8-5-6(15(16)17)1-2-7(8)10-14-13-9(18-10)3-4-12/h1-2,5H,3-4,12H2. The fourth-order valence-corrected chi connectivity index (χ4v) is 1.38. The van der Waals surface area contributed by atoms with E-state index in [1.807, 2.05) is 0 Å². The molecule has 0 saturated heterocycles. The zero-order valence-electron chi connectivity index (χ0n) is 9.17. The summed E-state index contributed by atoms with van der Waals surface area (Å²) in [6.45, 7) is 0.338. The summed E-state index contributed by atoms with van der Waals surface area (Å²) >= 11 is 0. The van der Waals surface area contributed by atoms with Crippen LogP contribution in [0.1, 0.15) is 5.89 Å². The number of nitro benzene ring substituents is 1. The molecule has 0 aliphatic rings. The largest absolute Gasteiger partial charge is 0.421 e. The second-order valence-corrected chi connectivity index (χ2v) is 3.46. The molecule has 1 heterocycles. The predicted octanol–water partition coefficient (Wildman–Crippen LogP) is 1.29. The van der Waals surface area contributed by atoms with Crippen molar-refractivity contribution < 1.29 is 13.7 Å². The van der Waals surface area contributed by atoms with E-state index >= 15 is 0 Å². The van der Waals surface area contributed by atoms with Crippen LogP contribution in [0.25, 0.3) is 11.5 Å². The Balaban J connectivity index is 2.35. The van der Waals surface area contributed by atoms with Gasteiger partial charge in [-0.15, -0.1) is 10.2 Å². The number of halogens is 1. The molecule has 94 valence electrons. The average Bonchev–Trinajstić information content (AvgIpc) is 2.77. The first-order chi connectivity index (χ1) is 8.61. The zero-order valence-corrected chi connectivity index (χ0v) is 9.17. The number of nitrogens with two attached hydrogens (primary N) is 1. The van der Waals surface area contributed by atoms with Gasteiger partial charge in [-0.25, -0.2) is 4.39 Å². The highest BCUT2D eigenvalue weighted by Gasteiger charge is 2.16. The average molecular weight is 252 g/mol. The van der Waals surface area contributed by atoms with E-state index in [2.05, 4.69) is 10.2 Å². The van der Waals surface area contributed by atoms with Gasteiger partial charge < -0.3 is 10.2 Å². The Morgan fingerprint density at radius 3 is 2.83 bits per heavy atom. The monoisotopic (exact) mass is 252 g/mol. The number of benzene rings is 1. The molecule has 18 heavy (non-hydrogen) atoms. The lowest BCUT2D eigenvalue weighted by molar-refractivity contribution is -0.385. The van der Waals surface area contributed by atoms with Crippen LogP contribution in [0, 0.1) is 15.9 Å². The number of hydrogen-bond acceptors (Lipinski definition) is 6. The molecule has 8 heteroatoms. The third kappa shape index (κ3) is 2.33. The Kier molecular flexibility index (Phi) is 3.28. The minimum Gasteiger partial charge on any atom is -0.421 e. The van der Waals surface area contributed by atoms with Crippen LogP contribution in [0.4, 0.5) is 10.1 Å². The summed E-state index contributed by atoms with van der Waals surface area (Å²) in [5.74, 6) is -0.511. The number of non-ortho nitro benzene ring substituents is 1. The van der Waals surface area contributed by atoms with E-state index in [-0.39, 0.29) is 17.1 Å². The van der Waals surface area contributed by atoms with Gasteiger partial charge in [0, 0.05) is 19.0 Å². The molecule has 7 nitrogen and oxygen atoms in total. The van der Waals surface area contributed by atoms with E-state index < -0.39 is 10.7 Å². The van der Waals surface area contributed by atoms with Gasteiger partial charge in [-0.05, 0) is 6.07 Å². The third-order valence-corrected chi connectivity index (χ3v) is 2.22. The SMILES string of the molecule is NCCc1nnc(-c2ccc([N+](=O)[O-])cc2F)o1. The first kappa shape index (κ1) is 12.1. The van der Waals surface area contributed by atoms with Crippen molar-refractivity contribution in [2.24, 2.45) is 5.73 Å². The minimum absolute atomic E-state index is 0.0224. The molecule has 1 aromatic carbocycles. The maximum Gasteiger partial charge on any atom is 0.272 e. The van der Waals surface area contributed by atoms with Crippen molar-refractivity contribution in [2.75, 3.05) is 6.54 Å². The molecule has 1 aromatic heterocycles. The minimum atomic E-state index is -0.785. The molecule has 0 aliphatic heterocycles. The van der Waals surface area contributed by atoms with E-state index in [0.717, 1.165) is 6.07 Å². The van der Waals surface area contributed by atoms with Crippen LogP contribution in [0.5, 0.6) is 0 Å². The lowest BCUT2D eigenvalue weighted by Gasteiger charge is -1.97. The summed E-state index contributed by atoms with van der Waals surface area (Å²) in [5.41, 5.74) is 5.00. The van der Waals surface area contributed by atoms with Gasteiger partial charge in [-0.3, -0.25) is 10.1 Å². The summed E-state index contributed by atoms with van der Waals surface area (Å²) in [6, 6.07) is 3.21. The molecule has 0 amide bonds. The van der Waals surface area contributed by atoms with Crippen molar-refractivity contribution in [1.29, 1.82) is 0 Å². The molecule has 0 aliphatic carbocycles. The molecule has 2 aromatic rings. The number of rotatable bonds is 4. The van der Waals surface area contributed by atoms with Gasteiger partial charge in [-0.2, -0.15) is 0 Å². The smallest absolute Gasteiger partial charge is 0.272 e. The summed E-state index contributed by atoms with van der Waals surface area (Å²) in [5, 5.41) is 17.8. The highest BCUT2D eigenvalue weighted by Crippen LogP contribution is 2.25. The van der Waals surface area contributed by atoms with Gasteiger partial charge in [-0.1, -0.05) is 0 Å². The maximum absolute atomic E-state index is 13.6. The van der Waals surface area contributed by atoms with Gasteiger partial charge in [0.05, 0.1) is 16.6 Å². The van der Waals surface area contributed by atoms with Crippen molar-refractivity contribution in [1.82, 2.24) is 10.2 Å². The molecule has 2 rings (SSSR count). The van der Waals surface area contributed by atoms with Crippen molar-refractivity contribution in [3.05, 3.63) is 40.0 Å². The molecular weight excluding hydrogens is 243 g/mol. The quantitative estimate of drug-likeness (QED) is 0.648. The molecule has 0 unspecified atom stereocenters. The van der Waals surface area contributed by atoms with Crippen LogP contribution in [-0.4, -0.2) is 21.7 Å². The lowest BCUT2D eigenvalue weighted by atomic mass is 10.2. The highest BCUT2D eigenvalue weighted by atomic mass is 19.1. The van der Waals surface area contributed by atoms with Crippen molar-refractivity contribution in [3.63, 3.8) is 0 Å².